The second-order valence-corrected chi connectivity index (χ2v) is 10.1. The zero-order chi connectivity index (χ0) is 22.1. The highest BCUT2D eigenvalue weighted by molar-refractivity contribution is 8.08. The molecule has 0 aliphatic carbocycles. The van der Waals surface area contributed by atoms with Crippen molar-refractivity contribution in [2.75, 3.05) is 4.90 Å². The van der Waals surface area contributed by atoms with Crippen LogP contribution in [0.3, 0.4) is 0 Å². The van der Waals surface area contributed by atoms with Gasteiger partial charge in [0, 0.05) is 19.8 Å². The number of carbonyl (C=O) groups excluding carboxylic acids is 2. The molecule has 0 atom stereocenters. The van der Waals surface area contributed by atoms with Crippen LogP contribution < -0.4 is 4.90 Å². The van der Waals surface area contributed by atoms with Gasteiger partial charge in [-0.1, -0.05) is 76.0 Å². The van der Waals surface area contributed by atoms with Crippen molar-refractivity contribution in [2.45, 2.75) is 9.79 Å². The Labute approximate surface area is 207 Å². The number of amides is 2. The lowest BCUT2D eigenvalue weighted by atomic mass is 10.3. The van der Waals surface area contributed by atoms with Crippen LogP contribution >= 0.6 is 69.9 Å². The van der Waals surface area contributed by atoms with Gasteiger partial charge >= 0.3 is 0 Å². The minimum Gasteiger partial charge on any atom is -0.268 e. The summed E-state index contributed by atoms with van der Waals surface area (Å²) in [6.07, 6.45) is 0. The molecule has 0 aromatic heterocycles. The van der Waals surface area contributed by atoms with Crippen LogP contribution in [0.4, 0.5) is 5.69 Å². The maximum Gasteiger partial charge on any atom is 0.273 e. The zero-order valence-electron chi connectivity index (χ0n) is 15.4. The van der Waals surface area contributed by atoms with Gasteiger partial charge < -0.3 is 0 Å². The van der Waals surface area contributed by atoms with E-state index in [2.05, 4.69) is 0 Å². The predicted octanol–water partition coefficient (Wildman–Crippen LogP) is 7.97. The van der Waals surface area contributed by atoms with Crippen LogP contribution in [-0.4, -0.2) is 11.8 Å². The van der Waals surface area contributed by atoms with Crippen molar-refractivity contribution in [1.82, 2.24) is 0 Å². The predicted molar refractivity (Wildman–Crippen MR) is 131 cm³/mol. The van der Waals surface area contributed by atoms with Crippen molar-refractivity contribution in [3.8, 4) is 0 Å². The number of thioether (sulfide) groups is 2. The Morgan fingerprint density at radius 2 is 1.06 bits per heavy atom. The molecule has 2 amide bonds. The van der Waals surface area contributed by atoms with E-state index in [-0.39, 0.29) is 15.7 Å². The van der Waals surface area contributed by atoms with Gasteiger partial charge in [0.25, 0.3) is 11.8 Å². The summed E-state index contributed by atoms with van der Waals surface area (Å²) in [5, 5.41) is 1.55. The van der Waals surface area contributed by atoms with E-state index in [0.717, 1.165) is 14.7 Å². The van der Waals surface area contributed by atoms with Gasteiger partial charge in [-0.25, -0.2) is 4.90 Å². The fourth-order valence-corrected chi connectivity index (χ4v) is 5.41. The Bertz CT molecular complexity index is 1140. The van der Waals surface area contributed by atoms with Gasteiger partial charge in [0.15, 0.2) is 0 Å². The summed E-state index contributed by atoms with van der Waals surface area (Å²) >= 11 is 26.8. The second-order valence-electron chi connectivity index (χ2n) is 6.29. The first kappa shape index (κ1) is 22.6. The molecular formula is C22H11Cl4NO2S2. The number of benzene rings is 3. The third-order valence-electron chi connectivity index (χ3n) is 4.24. The number of hydrogen-bond donors (Lipinski definition) is 0. The largest absolute Gasteiger partial charge is 0.273 e. The summed E-state index contributed by atoms with van der Waals surface area (Å²) in [6.45, 7) is 0. The minimum absolute atomic E-state index is 0.138. The lowest BCUT2D eigenvalue weighted by molar-refractivity contribution is -0.120. The summed E-state index contributed by atoms with van der Waals surface area (Å²) < 4.78 is 0. The highest BCUT2D eigenvalue weighted by atomic mass is 35.5. The summed E-state index contributed by atoms with van der Waals surface area (Å²) in [5.41, 5.74) is 0.241. The first-order valence-electron chi connectivity index (χ1n) is 8.79. The van der Waals surface area contributed by atoms with E-state index in [9.17, 15) is 9.59 Å². The zero-order valence-corrected chi connectivity index (χ0v) is 20.1. The Morgan fingerprint density at radius 3 is 1.52 bits per heavy atom. The van der Waals surface area contributed by atoms with Crippen molar-refractivity contribution >= 4 is 87.4 Å². The molecule has 0 bridgehead atoms. The topological polar surface area (TPSA) is 37.4 Å². The molecule has 0 saturated heterocycles. The SMILES string of the molecule is O=C1C(Sc2ccc(Cl)cc2)=C(Sc2ccc(Cl)cc2)C(=O)N1c1cccc(Cl)c1Cl. The average Bonchev–Trinajstić information content (AvgIpc) is 2.97. The van der Waals surface area contributed by atoms with Gasteiger partial charge in [0.05, 0.1) is 25.5 Å². The van der Waals surface area contributed by atoms with Gasteiger partial charge in [-0.2, -0.15) is 0 Å². The van der Waals surface area contributed by atoms with Gasteiger partial charge in [0.2, 0.25) is 0 Å². The molecule has 1 heterocycles. The van der Waals surface area contributed by atoms with Crippen molar-refractivity contribution in [3.63, 3.8) is 0 Å². The summed E-state index contributed by atoms with van der Waals surface area (Å²) in [4.78, 5) is 29.9. The molecule has 0 N–H and O–H groups in total. The van der Waals surface area contributed by atoms with E-state index >= 15 is 0 Å². The molecule has 4 rings (SSSR count). The molecule has 3 aromatic carbocycles. The van der Waals surface area contributed by atoms with Crippen molar-refractivity contribution in [3.05, 3.63) is 96.6 Å². The Morgan fingerprint density at radius 1 is 0.613 bits per heavy atom. The fourth-order valence-electron chi connectivity index (χ4n) is 2.79. The molecule has 0 spiro atoms. The highest BCUT2D eigenvalue weighted by Gasteiger charge is 2.41. The molecule has 0 fully saturated rings. The quantitative estimate of drug-likeness (QED) is 0.316. The van der Waals surface area contributed by atoms with Gasteiger partial charge in [-0.05, 0) is 60.7 Å². The van der Waals surface area contributed by atoms with E-state index < -0.39 is 11.8 Å². The number of carbonyl (C=O) groups is 2. The molecule has 0 unspecified atom stereocenters. The molecule has 1 aliphatic heterocycles. The summed E-state index contributed by atoms with van der Waals surface area (Å²) in [6, 6.07) is 18.9. The fraction of sp³-hybridized carbons (Fsp3) is 0. The Balaban J connectivity index is 1.77. The van der Waals surface area contributed by atoms with Gasteiger partial charge in [0.1, 0.15) is 0 Å². The number of nitrogens with zero attached hydrogens (tertiary/aromatic N) is 1. The number of imide groups is 1. The van der Waals surface area contributed by atoms with Crippen LogP contribution in [0.1, 0.15) is 0 Å². The monoisotopic (exact) mass is 525 g/mol. The first-order chi connectivity index (χ1) is 14.8. The van der Waals surface area contributed by atoms with Gasteiger partial charge in [-0.3, -0.25) is 9.59 Å². The van der Waals surface area contributed by atoms with Crippen LogP contribution in [0.25, 0.3) is 0 Å². The molecule has 0 saturated carbocycles. The minimum atomic E-state index is -0.467. The van der Waals surface area contributed by atoms with Gasteiger partial charge in [-0.15, -0.1) is 0 Å². The van der Waals surface area contributed by atoms with Crippen LogP contribution in [0.2, 0.25) is 20.1 Å². The lowest BCUT2D eigenvalue weighted by Crippen LogP contribution is -2.31. The molecule has 156 valence electrons. The van der Waals surface area contributed by atoms with Crippen molar-refractivity contribution in [2.24, 2.45) is 0 Å². The molecule has 31 heavy (non-hydrogen) atoms. The molecule has 1 aliphatic rings. The molecule has 9 heteroatoms. The third-order valence-corrected chi connectivity index (χ3v) is 7.86. The number of halogens is 4. The maximum absolute atomic E-state index is 13.4. The Kier molecular flexibility index (Phi) is 6.92. The number of rotatable bonds is 5. The number of anilines is 1. The normalized spacial score (nSPS) is 14.0. The smallest absolute Gasteiger partial charge is 0.268 e. The van der Waals surface area contributed by atoms with Crippen LogP contribution in [0.15, 0.2) is 86.3 Å². The third kappa shape index (κ3) is 4.77. The molecule has 3 nitrogen and oxygen atoms in total. The molecule has 0 radical (unpaired) electrons. The first-order valence-corrected chi connectivity index (χ1v) is 11.9. The lowest BCUT2D eigenvalue weighted by Gasteiger charge is -2.17. The average molecular weight is 527 g/mol. The van der Waals surface area contributed by atoms with E-state index in [0.29, 0.717) is 19.9 Å². The van der Waals surface area contributed by atoms with Crippen LogP contribution in [0, 0.1) is 0 Å². The van der Waals surface area contributed by atoms with E-state index in [1.54, 1.807) is 66.7 Å². The second kappa shape index (κ2) is 9.49. The van der Waals surface area contributed by atoms with Crippen LogP contribution in [-0.2, 0) is 9.59 Å². The number of hydrogen-bond acceptors (Lipinski definition) is 4. The molecular weight excluding hydrogens is 516 g/mol. The summed E-state index contributed by atoms with van der Waals surface area (Å²) in [5.74, 6) is -0.934. The van der Waals surface area contributed by atoms with Crippen LogP contribution in [0.5, 0.6) is 0 Å². The van der Waals surface area contributed by atoms with Crippen molar-refractivity contribution < 1.29 is 9.59 Å². The maximum atomic E-state index is 13.4. The summed E-state index contributed by atoms with van der Waals surface area (Å²) in [7, 11) is 0. The molecule has 3 aromatic rings. The van der Waals surface area contributed by atoms with E-state index in [4.69, 9.17) is 46.4 Å². The van der Waals surface area contributed by atoms with Crippen molar-refractivity contribution in [1.29, 1.82) is 0 Å². The van der Waals surface area contributed by atoms with E-state index in [1.807, 2.05) is 0 Å². The Hall–Kier alpha value is -1.60. The highest BCUT2D eigenvalue weighted by Crippen LogP contribution is 2.46. The standard InChI is InChI=1S/C22H11Cl4NO2S2/c23-12-4-8-14(9-5-12)30-19-20(31-15-10-6-13(24)7-11-15)22(29)27(21(19)28)17-3-1-2-16(25)18(17)26/h1-11H. The van der Waals surface area contributed by atoms with E-state index in [1.165, 1.54) is 23.5 Å².